The molecule has 3 rings (SSSR count). The summed E-state index contributed by atoms with van der Waals surface area (Å²) in [6.07, 6.45) is 8.82. The Morgan fingerprint density at radius 1 is 1.33 bits per heavy atom. The minimum atomic E-state index is -0.975. The second-order valence-electron chi connectivity index (χ2n) is 7.36. The number of aliphatic carboxylic acids is 1. The molecule has 0 spiro atoms. The summed E-state index contributed by atoms with van der Waals surface area (Å²) in [5.74, 6) is 0.237. The Labute approximate surface area is 160 Å². The maximum atomic E-state index is 10.7. The molecule has 0 aromatic heterocycles. The lowest BCUT2D eigenvalue weighted by Crippen LogP contribution is -2.30. The smallest absolute Gasteiger partial charge is 0.341 e. The topological polar surface area (TPSA) is 77.4 Å². The van der Waals surface area contributed by atoms with E-state index in [1.807, 2.05) is 18.3 Å². The zero-order valence-corrected chi connectivity index (χ0v) is 15.9. The number of unbranched alkanes of at least 4 members (excludes halogenated alkanes) is 2. The lowest BCUT2D eigenvalue weighted by Gasteiger charge is -2.25. The second-order valence-corrected chi connectivity index (χ2v) is 7.36. The number of benzene rings is 1. The van der Waals surface area contributed by atoms with Crippen molar-refractivity contribution in [2.45, 2.75) is 57.7 Å². The molecule has 148 valence electrons. The molecular weight excluding hydrogens is 346 g/mol. The van der Waals surface area contributed by atoms with Crippen molar-refractivity contribution in [2.24, 2.45) is 17.0 Å². The van der Waals surface area contributed by atoms with E-state index in [1.165, 1.54) is 6.42 Å². The fraction of sp³-hybridized carbons (Fsp3) is 0.619. The van der Waals surface area contributed by atoms with Gasteiger partial charge in [-0.05, 0) is 49.3 Å². The fourth-order valence-electron chi connectivity index (χ4n) is 4.05. The van der Waals surface area contributed by atoms with E-state index in [0.29, 0.717) is 18.3 Å². The van der Waals surface area contributed by atoms with Crippen LogP contribution in [0.5, 0.6) is 5.75 Å². The molecule has 6 heteroatoms. The van der Waals surface area contributed by atoms with Gasteiger partial charge in [0.1, 0.15) is 12.4 Å². The van der Waals surface area contributed by atoms with Crippen LogP contribution in [0.3, 0.4) is 0 Å². The Bertz CT molecular complexity index is 647. The number of hydrogen-bond acceptors (Lipinski definition) is 5. The van der Waals surface area contributed by atoms with Crippen molar-refractivity contribution in [1.82, 2.24) is 0 Å². The highest BCUT2D eigenvalue weighted by Gasteiger charge is 2.48. The van der Waals surface area contributed by atoms with Gasteiger partial charge in [-0.15, -0.1) is 0 Å². The highest BCUT2D eigenvalue weighted by atomic mass is 16.6. The van der Waals surface area contributed by atoms with Crippen LogP contribution in [-0.4, -0.2) is 42.7 Å². The number of ether oxygens (including phenoxy) is 2. The Balaban J connectivity index is 1.58. The van der Waals surface area contributed by atoms with Crippen molar-refractivity contribution in [3.8, 4) is 5.75 Å². The van der Waals surface area contributed by atoms with E-state index in [0.717, 1.165) is 37.7 Å². The van der Waals surface area contributed by atoms with Crippen LogP contribution in [0.25, 0.3) is 0 Å². The molecule has 0 aliphatic carbocycles. The third kappa shape index (κ3) is 5.45. The molecule has 2 saturated heterocycles. The van der Waals surface area contributed by atoms with Crippen molar-refractivity contribution < 1.29 is 24.2 Å². The molecule has 2 aliphatic heterocycles. The molecule has 2 fully saturated rings. The van der Waals surface area contributed by atoms with E-state index in [-0.39, 0.29) is 24.7 Å². The molecular formula is C21H29NO5. The molecule has 2 heterocycles. The zero-order chi connectivity index (χ0) is 19.1. The van der Waals surface area contributed by atoms with Gasteiger partial charge in [-0.3, -0.25) is 0 Å². The van der Waals surface area contributed by atoms with Gasteiger partial charge in [-0.1, -0.05) is 37.1 Å². The SMILES string of the molecule is CCCCCON=C[C@@H]1[C@H](Cc2cccc(OCC(=O)O)c2)[C@@H]2CC[C@H]1O2. The number of oxime groups is 1. The summed E-state index contributed by atoms with van der Waals surface area (Å²) < 4.78 is 11.4. The van der Waals surface area contributed by atoms with Gasteiger partial charge in [-0.2, -0.15) is 0 Å². The number of fused-ring (bicyclic) bond motifs is 2. The van der Waals surface area contributed by atoms with Gasteiger partial charge >= 0.3 is 5.97 Å². The number of rotatable bonds is 11. The molecule has 0 amide bonds. The highest BCUT2D eigenvalue weighted by Crippen LogP contribution is 2.44. The van der Waals surface area contributed by atoms with Crippen molar-refractivity contribution in [3.63, 3.8) is 0 Å². The Kier molecular flexibility index (Phi) is 7.10. The quantitative estimate of drug-likeness (QED) is 0.363. The summed E-state index contributed by atoms with van der Waals surface area (Å²) in [4.78, 5) is 16.1. The molecule has 0 radical (unpaired) electrons. The largest absolute Gasteiger partial charge is 0.482 e. The Hall–Kier alpha value is -2.08. The normalized spacial score (nSPS) is 26.6. The fourth-order valence-corrected chi connectivity index (χ4v) is 4.05. The number of nitrogens with zero attached hydrogens (tertiary/aromatic N) is 1. The van der Waals surface area contributed by atoms with Gasteiger partial charge in [0.2, 0.25) is 0 Å². The van der Waals surface area contributed by atoms with E-state index in [2.05, 4.69) is 18.1 Å². The van der Waals surface area contributed by atoms with Crippen LogP contribution < -0.4 is 4.74 Å². The van der Waals surface area contributed by atoms with Crippen molar-refractivity contribution in [1.29, 1.82) is 0 Å². The van der Waals surface area contributed by atoms with Gasteiger partial charge < -0.3 is 19.4 Å². The minimum absolute atomic E-state index is 0.231. The maximum Gasteiger partial charge on any atom is 0.341 e. The number of carboxylic acids is 1. The summed E-state index contributed by atoms with van der Waals surface area (Å²) in [5.41, 5.74) is 1.13. The van der Waals surface area contributed by atoms with E-state index < -0.39 is 5.97 Å². The Morgan fingerprint density at radius 3 is 3.00 bits per heavy atom. The van der Waals surface area contributed by atoms with Crippen LogP contribution in [0, 0.1) is 11.8 Å². The number of carbonyl (C=O) groups is 1. The average Bonchev–Trinajstić information content (AvgIpc) is 3.26. The first-order chi connectivity index (χ1) is 13.2. The van der Waals surface area contributed by atoms with Crippen LogP contribution in [0.15, 0.2) is 29.4 Å². The molecule has 27 heavy (non-hydrogen) atoms. The van der Waals surface area contributed by atoms with Gasteiger partial charge in [0.25, 0.3) is 0 Å². The molecule has 4 atom stereocenters. The molecule has 1 aromatic rings. The van der Waals surface area contributed by atoms with Crippen LogP contribution >= 0.6 is 0 Å². The van der Waals surface area contributed by atoms with E-state index in [1.54, 1.807) is 6.07 Å². The molecule has 1 N–H and O–H groups in total. The van der Waals surface area contributed by atoms with Crippen LogP contribution in [0.2, 0.25) is 0 Å². The number of hydrogen-bond donors (Lipinski definition) is 1. The number of carboxylic acid groups (broad SMARTS) is 1. The van der Waals surface area contributed by atoms with E-state index in [4.69, 9.17) is 19.4 Å². The van der Waals surface area contributed by atoms with Crippen LogP contribution in [0.4, 0.5) is 0 Å². The zero-order valence-electron chi connectivity index (χ0n) is 15.9. The lowest BCUT2D eigenvalue weighted by molar-refractivity contribution is -0.139. The summed E-state index contributed by atoms with van der Waals surface area (Å²) in [5, 5.41) is 13.0. The first-order valence-corrected chi connectivity index (χ1v) is 9.92. The lowest BCUT2D eigenvalue weighted by atomic mass is 9.77. The standard InChI is InChI=1S/C21H29NO5/c1-2-3-4-10-26-22-13-18-17(19-8-9-20(18)27-19)12-15-6-5-7-16(11-15)25-14-21(23)24/h5-7,11,13,17-20H,2-4,8-10,12,14H2,1H3,(H,23,24)/t17-,18+,19-,20+/m0/s1. The van der Waals surface area contributed by atoms with Gasteiger partial charge in [-0.25, -0.2) is 4.79 Å². The van der Waals surface area contributed by atoms with Crippen LogP contribution in [-0.2, 0) is 20.8 Å². The predicted molar refractivity (Wildman–Crippen MR) is 102 cm³/mol. The van der Waals surface area contributed by atoms with Gasteiger partial charge in [0.15, 0.2) is 6.61 Å². The van der Waals surface area contributed by atoms with Gasteiger partial charge in [0.05, 0.1) is 12.2 Å². The molecule has 2 bridgehead atoms. The third-order valence-electron chi connectivity index (χ3n) is 5.37. The first kappa shape index (κ1) is 19.7. The summed E-state index contributed by atoms with van der Waals surface area (Å²) in [7, 11) is 0. The summed E-state index contributed by atoms with van der Waals surface area (Å²) >= 11 is 0. The summed E-state index contributed by atoms with van der Waals surface area (Å²) in [6.45, 7) is 2.51. The molecule has 6 nitrogen and oxygen atoms in total. The Morgan fingerprint density at radius 2 is 2.19 bits per heavy atom. The van der Waals surface area contributed by atoms with E-state index >= 15 is 0 Å². The monoisotopic (exact) mass is 375 g/mol. The molecule has 0 saturated carbocycles. The van der Waals surface area contributed by atoms with Crippen LogP contribution in [0.1, 0.15) is 44.6 Å². The molecule has 1 aromatic carbocycles. The maximum absolute atomic E-state index is 10.7. The minimum Gasteiger partial charge on any atom is -0.482 e. The average molecular weight is 375 g/mol. The second kappa shape index (κ2) is 9.74. The first-order valence-electron chi connectivity index (χ1n) is 9.92. The van der Waals surface area contributed by atoms with Crippen molar-refractivity contribution in [3.05, 3.63) is 29.8 Å². The molecule has 2 aliphatic rings. The summed E-state index contributed by atoms with van der Waals surface area (Å²) in [6, 6.07) is 7.66. The van der Waals surface area contributed by atoms with E-state index in [9.17, 15) is 4.79 Å². The van der Waals surface area contributed by atoms with Crippen molar-refractivity contribution in [2.75, 3.05) is 13.2 Å². The molecule has 0 unspecified atom stereocenters. The predicted octanol–water partition coefficient (Wildman–Crippen LogP) is 3.68. The highest BCUT2D eigenvalue weighted by molar-refractivity contribution is 5.68. The third-order valence-corrected chi connectivity index (χ3v) is 5.37. The van der Waals surface area contributed by atoms with Gasteiger partial charge in [0, 0.05) is 12.1 Å². The van der Waals surface area contributed by atoms with Crippen molar-refractivity contribution >= 4 is 12.2 Å².